The summed E-state index contributed by atoms with van der Waals surface area (Å²) < 4.78 is 17.2. The highest BCUT2D eigenvalue weighted by atomic mass is 16.7. The number of hydrogen-bond acceptors (Lipinski definition) is 7. The topological polar surface area (TPSA) is 113 Å². The normalized spacial score (nSPS) is 25.4. The lowest BCUT2D eigenvalue weighted by Gasteiger charge is -2.39. The maximum absolute atomic E-state index is 10.3. The zero-order chi connectivity index (χ0) is 23.4. The maximum atomic E-state index is 10.3. The summed E-state index contributed by atoms with van der Waals surface area (Å²) in [5.74, 6) is 0.440. The van der Waals surface area contributed by atoms with Crippen LogP contribution in [0.25, 0.3) is 11.0 Å². The number of aliphatic hydroxyl groups excluding tert-OH is 4. The monoisotopic (exact) mass is 456 g/mol. The Morgan fingerprint density at radius 3 is 2.30 bits per heavy atom. The van der Waals surface area contributed by atoms with Gasteiger partial charge in [-0.25, -0.2) is 0 Å². The van der Waals surface area contributed by atoms with Gasteiger partial charge in [-0.1, -0.05) is 43.7 Å². The number of benzene rings is 2. The SMILES string of the molecule is CCCCc1ccc(CCc2coc3cccc(O[C@@H]4O[C@H](CO)[C@@H](O)[C@H](O)[C@H]4O)c23)cc1. The molecular formula is C26H32O7. The summed E-state index contributed by atoms with van der Waals surface area (Å²) in [5, 5.41) is 40.6. The van der Waals surface area contributed by atoms with Gasteiger partial charge in [0.05, 0.1) is 18.3 Å². The van der Waals surface area contributed by atoms with Gasteiger partial charge in [0.15, 0.2) is 0 Å². The Hall–Kier alpha value is -2.42. The number of aliphatic hydroxyl groups is 4. The number of aryl methyl sites for hydroxylation is 3. The predicted octanol–water partition coefficient (Wildman–Crippen LogP) is 2.74. The molecule has 4 N–H and O–H groups in total. The first-order chi connectivity index (χ1) is 16.0. The quantitative estimate of drug-likeness (QED) is 0.392. The van der Waals surface area contributed by atoms with Gasteiger partial charge in [0.2, 0.25) is 6.29 Å². The van der Waals surface area contributed by atoms with E-state index in [0.717, 1.165) is 30.2 Å². The molecular weight excluding hydrogens is 424 g/mol. The van der Waals surface area contributed by atoms with Crippen LogP contribution in [0.4, 0.5) is 0 Å². The van der Waals surface area contributed by atoms with E-state index in [1.165, 1.54) is 24.0 Å². The lowest BCUT2D eigenvalue weighted by atomic mass is 9.99. The molecule has 2 aromatic carbocycles. The molecule has 0 amide bonds. The standard InChI is InChI=1S/C26H32O7/c1-2-3-5-16-8-10-17(11-9-16)12-13-18-15-31-19-6-4-7-20(22(18)19)32-26-25(30)24(29)23(28)21(14-27)33-26/h4,6-11,15,21,23-30H,2-3,5,12-14H2,1H3/t21-,23-,24+,25-,26-/m1/s1. The van der Waals surface area contributed by atoms with Crippen molar-refractivity contribution in [3.63, 3.8) is 0 Å². The van der Waals surface area contributed by atoms with Crippen LogP contribution in [0.15, 0.2) is 53.1 Å². The lowest BCUT2D eigenvalue weighted by molar-refractivity contribution is -0.277. The van der Waals surface area contributed by atoms with Gasteiger partial charge in [0, 0.05) is 5.56 Å². The second-order valence-electron chi connectivity index (χ2n) is 8.63. The second kappa shape index (κ2) is 10.7. The van der Waals surface area contributed by atoms with Crippen molar-refractivity contribution >= 4 is 11.0 Å². The first kappa shape index (κ1) is 23.7. The number of fused-ring (bicyclic) bond motifs is 1. The molecule has 5 atom stereocenters. The molecule has 2 heterocycles. The van der Waals surface area contributed by atoms with Gasteiger partial charge in [-0.05, 0) is 48.9 Å². The third-order valence-electron chi connectivity index (χ3n) is 6.25. The van der Waals surface area contributed by atoms with Crippen LogP contribution in [0.3, 0.4) is 0 Å². The van der Waals surface area contributed by atoms with Gasteiger partial charge in [0.25, 0.3) is 0 Å². The van der Waals surface area contributed by atoms with E-state index in [1.54, 1.807) is 18.4 Å². The van der Waals surface area contributed by atoms with Crippen LogP contribution in [0.1, 0.15) is 36.5 Å². The highest BCUT2D eigenvalue weighted by Gasteiger charge is 2.44. The number of furan rings is 1. The molecule has 1 fully saturated rings. The third-order valence-corrected chi connectivity index (χ3v) is 6.25. The molecule has 7 heteroatoms. The molecule has 1 aliphatic rings. The van der Waals surface area contributed by atoms with Gasteiger partial charge in [-0.3, -0.25) is 0 Å². The summed E-state index contributed by atoms with van der Waals surface area (Å²) in [6, 6.07) is 14.0. The van der Waals surface area contributed by atoms with Crippen molar-refractivity contribution in [2.75, 3.05) is 6.61 Å². The van der Waals surface area contributed by atoms with Gasteiger partial charge >= 0.3 is 0 Å². The van der Waals surface area contributed by atoms with Gasteiger partial charge < -0.3 is 34.3 Å². The summed E-state index contributed by atoms with van der Waals surface area (Å²) in [6.07, 6.45) is 0.0689. The summed E-state index contributed by atoms with van der Waals surface area (Å²) in [6.45, 7) is 1.68. The van der Waals surface area contributed by atoms with Crippen LogP contribution in [0, 0.1) is 0 Å². The highest BCUT2D eigenvalue weighted by molar-refractivity contribution is 5.87. The summed E-state index contributed by atoms with van der Waals surface area (Å²) in [5.41, 5.74) is 4.18. The number of hydrogen-bond donors (Lipinski definition) is 4. The van der Waals surface area contributed by atoms with Crippen molar-refractivity contribution in [2.45, 2.75) is 69.7 Å². The Balaban J connectivity index is 1.50. The van der Waals surface area contributed by atoms with E-state index in [0.29, 0.717) is 11.3 Å². The molecule has 33 heavy (non-hydrogen) atoms. The van der Waals surface area contributed by atoms with Crippen LogP contribution in [-0.2, 0) is 24.0 Å². The fraction of sp³-hybridized carbons (Fsp3) is 0.462. The largest absolute Gasteiger partial charge is 0.464 e. The highest BCUT2D eigenvalue weighted by Crippen LogP contribution is 2.34. The van der Waals surface area contributed by atoms with E-state index in [4.69, 9.17) is 13.9 Å². The van der Waals surface area contributed by atoms with Gasteiger partial charge in [0.1, 0.15) is 35.7 Å². The summed E-state index contributed by atoms with van der Waals surface area (Å²) in [7, 11) is 0. The molecule has 1 aromatic heterocycles. The zero-order valence-electron chi connectivity index (χ0n) is 18.8. The van der Waals surface area contributed by atoms with Gasteiger partial charge in [-0.2, -0.15) is 0 Å². The smallest absolute Gasteiger partial charge is 0.229 e. The minimum Gasteiger partial charge on any atom is -0.464 e. The van der Waals surface area contributed by atoms with E-state index < -0.39 is 37.3 Å². The minimum absolute atomic E-state index is 0.440. The number of rotatable bonds is 9. The Labute approximate surface area is 193 Å². The fourth-order valence-electron chi connectivity index (χ4n) is 4.22. The summed E-state index contributed by atoms with van der Waals surface area (Å²) >= 11 is 0. The van der Waals surface area contributed by atoms with Crippen LogP contribution in [0.2, 0.25) is 0 Å². The van der Waals surface area contributed by atoms with Crippen molar-refractivity contribution in [3.8, 4) is 5.75 Å². The van der Waals surface area contributed by atoms with E-state index >= 15 is 0 Å². The minimum atomic E-state index is -1.50. The zero-order valence-corrected chi connectivity index (χ0v) is 18.8. The molecule has 178 valence electrons. The van der Waals surface area contributed by atoms with E-state index in [1.807, 2.05) is 6.07 Å². The van der Waals surface area contributed by atoms with Crippen molar-refractivity contribution in [1.82, 2.24) is 0 Å². The van der Waals surface area contributed by atoms with Crippen molar-refractivity contribution in [2.24, 2.45) is 0 Å². The molecule has 0 spiro atoms. The van der Waals surface area contributed by atoms with Crippen LogP contribution >= 0.6 is 0 Å². The first-order valence-electron chi connectivity index (χ1n) is 11.6. The first-order valence-corrected chi connectivity index (χ1v) is 11.6. The molecule has 1 aliphatic heterocycles. The Morgan fingerprint density at radius 2 is 1.61 bits per heavy atom. The second-order valence-corrected chi connectivity index (χ2v) is 8.63. The molecule has 0 bridgehead atoms. The van der Waals surface area contributed by atoms with Crippen molar-refractivity contribution < 1.29 is 34.3 Å². The average Bonchev–Trinajstić information content (AvgIpc) is 3.26. The molecule has 7 nitrogen and oxygen atoms in total. The molecule has 0 aliphatic carbocycles. The fourth-order valence-corrected chi connectivity index (χ4v) is 4.22. The van der Waals surface area contributed by atoms with E-state index in [2.05, 4.69) is 31.2 Å². The molecule has 0 unspecified atom stereocenters. The van der Waals surface area contributed by atoms with Crippen molar-refractivity contribution in [1.29, 1.82) is 0 Å². The van der Waals surface area contributed by atoms with Crippen molar-refractivity contribution in [3.05, 3.63) is 65.4 Å². The summed E-state index contributed by atoms with van der Waals surface area (Å²) in [4.78, 5) is 0. The Kier molecular flexibility index (Phi) is 7.67. The Bertz CT molecular complexity index is 1030. The maximum Gasteiger partial charge on any atom is 0.229 e. The van der Waals surface area contributed by atoms with E-state index in [9.17, 15) is 20.4 Å². The van der Waals surface area contributed by atoms with Gasteiger partial charge in [-0.15, -0.1) is 0 Å². The van der Waals surface area contributed by atoms with E-state index in [-0.39, 0.29) is 0 Å². The molecule has 1 saturated heterocycles. The van der Waals surface area contributed by atoms with Crippen LogP contribution in [0.5, 0.6) is 5.75 Å². The number of ether oxygens (including phenoxy) is 2. The average molecular weight is 457 g/mol. The Morgan fingerprint density at radius 1 is 0.879 bits per heavy atom. The van der Waals surface area contributed by atoms with Crippen LogP contribution in [-0.4, -0.2) is 57.7 Å². The molecule has 0 saturated carbocycles. The predicted molar refractivity (Wildman–Crippen MR) is 123 cm³/mol. The molecule has 0 radical (unpaired) electrons. The molecule has 4 rings (SSSR count). The lowest BCUT2D eigenvalue weighted by Crippen LogP contribution is -2.60. The molecule has 3 aromatic rings. The number of unbranched alkanes of at least 4 members (excludes halogenated alkanes) is 1. The third kappa shape index (κ3) is 5.23. The van der Waals surface area contributed by atoms with Crippen LogP contribution < -0.4 is 4.74 Å².